The topological polar surface area (TPSA) is 54.0 Å². The van der Waals surface area contributed by atoms with Gasteiger partial charge in [-0.15, -0.1) is 0 Å². The van der Waals surface area contributed by atoms with Crippen LogP contribution in [-0.4, -0.2) is 24.0 Å². The van der Waals surface area contributed by atoms with Crippen LogP contribution in [0.15, 0.2) is 16.7 Å². The number of aryl methyl sites for hydroxylation is 1. The van der Waals surface area contributed by atoms with Gasteiger partial charge in [0.15, 0.2) is 0 Å². The second kappa shape index (κ2) is 6.01. The van der Waals surface area contributed by atoms with E-state index >= 15 is 0 Å². The smallest absolute Gasteiger partial charge is 0.231 e. The first kappa shape index (κ1) is 14.5. The number of aromatic nitrogens is 1. The van der Waals surface area contributed by atoms with Crippen molar-refractivity contribution in [1.29, 1.82) is 0 Å². The minimum atomic E-state index is -0.280. The molecule has 0 bridgehead atoms. The van der Waals surface area contributed by atoms with Crippen molar-refractivity contribution < 1.29 is 4.79 Å². The maximum Gasteiger partial charge on any atom is 0.231 e. The number of anilines is 1. The van der Waals surface area contributed by atoms with Crippen LogP contribution in [0.5, 0.6) is 0 Å². The number of nitrogens with zero attached hydrogens (tertiary/aromatic N) is 1. The van der Waals surface area contributed by atoms with Gasteiger partial charge in [-0.2, -0.15) is 0 Å². The number of hydrogen-bond donors (Lipinski definition) is 2. The molecule has 0 saturated carbocycles. The van der Waals surface area contributed by atoms with E-state index in [1.54, 1.807) is 0 Å². The van der Waals surface area contributed by atoms with Crippen LogP contribution in [0.4, 0.5) is 5.69 Å². The molecular formula is C14H20BrN3O. The van der Waals surface area contributed by atoms with E-state index in [1.165, 1.54) is 0 Å². The van der Waals surface area contributed by atoms with Gasteiger partial charge in [0, 0.05) is 6.54 Å². The van der Waals surface area contributed by atoms with Crippen LogP contribution in [0, 0.1) is 12.3 Å². The van der Waals surface area contributed by atoms with Crippen molar-refractivity contribution in [3.05, 3.63) is 22.4 Å². The van der Waals surface area contributed by atoms with Crippen LogP contribution in [0.1, 0.15) is 31.9 Å². The van der Waals surface area contributed by atoms with Crippen molar-refractivity contribution >= 4 is 27.5 Å². The average molecular weight is 326 g/mol. The molecule has 19 heavy (non-hydrogen) atoms. The van der Waals surface area contributed by atoms with E-state index in [1.807, 2.05) is 19.1 Å². The fraction of sp³-hybridized carbons (Fsp3) is 0.571. The van der Waals surface area contributed by atoms with Crippen molar-refractivity contribution in [2.24, 2.45) is 5.41 Å². The van der Waals surface area contributed by atoms with E-state index in [-0.39, 0.29) is 11.3 Å². The largest absolute Gasteiger partial charge is 0.324 e. The summed E-state index contributed by atoms with van der Waals surface area (Å²) in [5.74, 6) is 0.106. The highest BCUT2D eigenvalue weighted by Crippen LogP contribution is 2.32. The molecule has 1 aliphatic rings. The number of hydrogen-bond acceptors (Lipinski definition) is 3. The molecule has 1 unspecified atom stereocenters. The lowest BCUT2D eigenvalue weighted by atomic mass is 9.77. The minimum Gasteiger partial charge on any atom is -0.324 e. The molecule has 1 aromatic rings. The Morgan fingerprint density at radius 1 is 1.58 bits per heavy atom. The van der Waals surface area contributed by atoms with E-state index in [4.69, 9.17) is 0 Å². The molecule has 1 aliphatic heterocycles. The predicted molar refractivity (Wildman–Crippen MR) is 80.1 cm³/mol. The van der Waals surface area contributed by atoms with Crippen molar-refractivity contribution in [3.63, 3.8) is 0 Å². The first-order valence-electron chi connectivity index (χ1n) is 6.73. The van der Waals surface area contributed by atoms with Gasteiger partial charge in [0.2, 0.25) is 5.91 Å². The number of carbonyl (C=O) groups excluding carboxylic acids is 1. The zero-order valence-corrected chi connectivity index (χ0v) is 13.0. The van der Waals surface area contributed by atoms with Gasteiger partial charge in [0.1, 0.15) is 4.60 Å². The van der Waals surface area contributed by atoms with E-state index in [9.17, 15) is 4.79 Å². The lowest BCUT2D eigenvalue weighted by molar-refractivity contribution is -0.126. The Morgan fingerprint density at radius 3 is 2.95 bits per heavy atom. The van der Waals surface area contributed by atoms with Crippen LogP contribution in [0.25, 0.3) is 0 Å². The summed E-state index contributed by atoms with van der Waals surface area (Å²) in [7, 11) is 0. The van der Waals surface area contributed by atoms with Gasteiger partial charge in [0.05, 0.1) is 16.8 Å². The molecule has 2 heterocycles. The van der Waals surface area contributed by atoms with Crippen LogP contribution in [0.2, 0.25) is 0 Å². The van der Waals surface area contributed by atoms with Gasteiger partial charge in [-0.05, 0) is 60.8 Å². The van der Waals surface area contributed by atoms with E-state index in [0.29, 0.717) is 0 Å². The maximum atomic E-state index is 12.6. The standard InChI is InChI=1S/C14H20BrN3O/c1-3-14(7-4-8-16-9-14)13(19)18-11-5-6-12(15)17-10(11)2/h5-6,16H,3-4,7-9H2,1-2H3,(H,18,19). The zero-order chi connectivity index (χ0) is 13.9. The number of nitrogens with one attached hydrogen (secondary N) is 2. The van der Waals surface area contributed by atoms with Crippen molar-refractivity contribution in [1.82, 2.24) is 10.3 Å². The second-order valence-corrected chi connectivity index (χ2v) is 5.95. The highest BCUT2D eigenvalue weighted by molar-refractivity contribution is 9.10. The molecule has 0 aromatic carbocycles. The number of amides is 1. The zero-order valence-electron chi connectivity index (χ0n) is 11.4. The molecule has 0 aliphatic carbocycles. The SMILES string of the molecule is CCC1(C(=O)Nc2ccc(Br)nc2C)CCCNC1. The van der Waals surface area contributed by atoms with E-state index in [2.05, 4.69) is 38.5 Å². The Labute approximate surface area is 122 Å². The monoisotopic (exact) mass is 325 g/mol. The summed E-state index contributed by atoms with van der Waals surface area (Å²) in [6, 6.07) is 3.74. The first-order valence-corrected chi connectivity index (χ1v) is 7.52. The lowest BCUT2D eigenvalue weighted by Gasteiger charge is -2.35. The van der Waals surface area contributed by atoms with E-state index < -0.39 is 0 Å². The van der Waals surface area contributed by atoms with Crippen molar-refractivity contribution in [3.8, 4) is 0 Å². The average Bonchev–Trinajstić information content (AvgIpc) is 2.42. The molecule has 1 amide bonds. The highest BCUT2D eigenvalue weighted by Gasteiger charge is 2.37. The van der Waals surface area contributed by atoms with Gasteiger partial charge in [-0.1, -0.05) is 6.92 Å². The normalized spacial score (nSPS) is 23.1. The highest BCUT2D eigenvalue weighted by atomic mass is 79.9. The molecule has 0 spiro atoms. The summed E-state index contributed by atoms with van der Waals surface area (Å²) in [5, 5.41) is 6.37. The van der Waals surface area contributed by atoms with E-state index in [0.717, 1.165) is 48.3 Å². The lowest BCUT2D eigenvalue weighted by Crippen LogP contribution is -2.47. The van der Waals surface area contributed by atoms with Gasteiger partial charge in [0.25, 0.3) is 0 Å². The summed E-state index contributed by atoms with van der Waals surface area (Å²) >= 11 is 3.33. The Bertz CT molecular complexity index is 470. The number of pyridine rings is 1. The maximum absolute atomic E-state index is 12.6. The summed E-state index contributed by atoms with van der Waals surface area (Å²) in [6.07, 6.45) is 2.86. The van der Waals surface area contributed by atoms with Gasteiger partial charge in [-0.25, -0.2) is 4.98 Å². The molecule has 104 valence electrons. The molecule has 1 saturated heterocycles. The fourth-order valence-electron chi connectivity index (χ4n) is 2.54. The molecule has 1 fully saturated rings. The molecule has 1 atom stereocenters. The van der Waals surface area contributed by atoms with Gasteiger partial charge in [-0.3, -0.25) is 4.79 Å². The number of rotatable bonds is 3. The Kier molecular flexibility index (Phi) is 4.58. The molecule has 0 radical (unpaired) electrons. The molecule has 1 aromatic heterocycles. The molecular weight excluding hydrogens is 306 g/mol. The van der Waals surface area contributed by atoms with Gasteiger partial charge >= 0.3 is 0 Å². The number of carbonyl (C=O) groups is 1. The molecule has 5 heteroatoms. The summed E-state index contributed by atoms with van der Waals surface area (Å²) in [4.78, 5) is 16.9. The number of halogens is 1. The summed E-state index contributed by atoms with van der Waals surface area (Å²) in [5.41, 5.74) is 1.35. The molecule has 2 rings (SSSR count). The van der Waals surface area contributed by atoms with Crippen LogP contribution in [0.3, 0.4) is 0 Å². The van der Waals surface area contributed by atoms with Crippen molar-refractivity contribution in [2.75, 3.05) is 18.4 Å². The second-order valence-electron chi connectivity index (χ2n) is 5.14. The third kappa shape index (κ3) is 3.15. The van der Waals surface area contributed by atoms with Crippen LogP contribution in [-0.2, 0) is 4.79 Å². The Balaban J connectivity index is 2.15. The van der Waals surface area contributed by atoms with Crippen molar-refractivity contribution in [2.45, 2.75) is 33.1 Å². The summed E-state index contributed by atoms with van der Waals surface area (Å²) in [6.45, 7) is 5.75. The van der Waals surface area contributed by atoms with Gasteiger partial charge < -0.3 is 10.6 Å². The van der Waals surface area contributed by atoms with Crippen LogP contribution < -0.4 is 10.6 Å². The summed E-state index contributed by atoms with van der Waals surface area (Å²) < 4.78 is 0.785. The number of piperidine rings is 1. The predicted octanol–water partition coefficient (Wildman–Crippen LogP) is 2.87. The Morgan fingerprint density at radius 2 is 2.37 bits per heavy atom. The van der Waals surface area contributed by atoms with Crippen LogP contribution >= 0.6 is 15.9 Å². The molecule has 4 nitrogen and oxygen atoms in total. The third-order valence-corrected chi connectivity index (χ3v) is 4.37. The molecule has 2 N–H and O–H groups in total. The third-order valence-electron chi connectivity index (χ3n) is 3.93. The first-order chi connectivity index (χ1) is 9.07. The Hall–Kier alpha value is -0.940. The quantitative estimate of drug-likeness (QED) is 0.840. The fourth-order valence-corrected chi connectivity index (χ4v) is 2.94. The minimum absolute atomic E-state index is 0.106.